The fourth-order valence-corrected chi connectivity index (χ4v) is 1.41. The molecule has 1 amide bonds. The van der Waals surface area contributed by atoms with E-state index in [2.05, 4.69) is 5.32 Å². The van der Waals surface area contributed by atoms with Crippen molar-refractivity contribution in [1.82, 2.24) is 0 Å². The molecule has 1 N–H and O–H groups in total. The van der Waals surface area contributed by atoms with Gasteiger partial charge in [0.15, 0.2) is 6.61 Å². The van der Waals surface area contributed by atoms with Gasteiger partial charge in [0.25, 0.3) is 5.91 Å². The van der Waals surface area contributed by atoms with Crippen LogP contribution >= 0.6 is 0 Å². The average Bonchev–Trinajstić information content (AvgIpc) is 2.45. The summed E-state index contributed by atoms with van der Waals surface area (Å²) < 4.78 is 15.0. The molecule has 1 aromatic carbocycles. The molecule has 110 valence electrons. The Morgan fingerprint density at radius 1 is 1.10 bits per heavy atom. The van der Waals surface area contributed by atoms with Crippen molar-refractivity contribution in [3.63, 3.8) is 0 Å². The number of para-hydroxylation sites is 2. The fraction of sp³-hybridized carbons (Fsp3) is 0.429. The maximum Gasteiger partial charge on any atom is 0.332 e. The predicted octanol–water partition coefficient (Wildman–Crippen LogP) is 1.60. The van der Waals surface area contributed by atoms with E-state index >= 15 is 0 Å². The highest BCUT2D eigenvalue weighted by atomic mass is 16.6. The number of ether oxygens (including phenoxy) is 3. The largest absolute Gasteiger partial charge is 0.492 e. The second-order valence-corrected chi connectivity index (χ2v) is 3.78. The van der Waals surface area contributed by atoms with Crippen molar-refractivity contribution in [2.24, 2.45) is 0 Å². The Labute approximate surface area is 118 Å². The van der Waals surface area contributed by atoms with E-state index in [0.717, 1.165) is 0 Å². The molecule has 1 rings (SSSR count). The number of rotatable bonds is 8. The summed E-state index contributed by atoms with van der Waals surface area (Å²) >= 11 is 0. The molecule has 0 spiro atoms. The Balaban J connectivity index is 2.44. The lowest BCUT2D eigenvalue weighted by Crippen LogP contribution is -2.23. The van der Waals surface area contributed by atoms with Crippen molar-refractivity contribution in [1.29, 1.82) is 0 Å². The van der Waals surface area contributed by atoms with Gasteiger partial charge in [-0.1, -0.05) is 12.1 Å². The first-order valence-corrected chi connectivity index (χ1v) is 6.42. The van der Waals surface area contributed by atoms with Crippen molar-refractivity contribution in [3.05, 3.63) is 24.3 Å². The molecule has 0 unspecified atom stereocenters. The van der Waals surface area contributed by atoms with Crippen molar-refractivity contribution >= 4 is 17.6 Å². The fourth-order valence-electron chi connectivity index (χ4n) is 1.41. The van der Waals surface area contributed by atoms with Crippen LogP contribution in [0.25, 0.3) is 0 Å². The monoisotopic (exact) mass is 281 g/mol. The minimum atomic E-state index is -0.569. The molecule has 0 aliphatic heterocycles. The molecule has 0 aromatic heterocycles. The van der Waals surface area contributed by atoms with Gasteiger partial charge < -0.3 is 19.5 Å². The molecule has 20 heavy (non-hydrogen) atoms. The molecule has 0 heterocycles. The second-order valence-electron chi connectivity index (χ2n) is 3.78. The molecule has 0 radical (unpaired) electrons. The lowest BCUT2D eigenvalue weighted by atomic mass is 10.3. The van der Waals surface area contributed by atoms with Gasteiger partial charge in [0, 0.05) is 6.61 Å². The van der Waals surface area contributed by atoms with Gasteiger partial charge in [-0.05, 0) is 26.0 Å². The summed E-state index contributed by atoms with van der Waals surface area (Å²) in [4.78, 5) is 22.8. The van der Waals surface area contributed by atoms with Crippen LogP contribution in [0.2, 0.25) is 0 Å². The molecule has 0 fully saturated rings. The van der Waals surface area contributed by atoms with Gasteiger partial charge in [0.2, 0.25) is 0 Å². The van der Waals surface area contributed by atoms with Crippen LogP contribution in [0, 0.1) is 0 Å². The van der Waals surface area contributed by atoms with Crippen molar-refractivity contribution in [3.8, 4) is 5.75 Å². The smallest absolute Gasteiger partial charge is 0.332 e. The highest BCUT2D eigenvalue weighted by Gasteiger charge is 2.10. The van der Waals surface area contributed by atoms with E-state index in [0.29, 0.717) is 24.7 Å². The number of anilines is 1. The van der Waals surface area contributed by atoms with E-state index in [1.807, 2.05) is 13.0 Å². The molecular formula is C14H19NO5. The normalized spacial score (nSPS) is 9.90. The van der Waals surface area contributed by atoms with Crippen LogP contribution in [-0.4, -0.2) is 38.3 Å². The van der Waals surface area contributed by atoms with Gasteiger partial charge >= 0.3 is 5.97 Å². The maximum absolute atomic E-state index is 11.7. The third kappa shape index (κ3) is 5.71. The number of carbonyl (C=O) groups excluding carboxylic acids is 2. The zero-order valence-corrected chi connectivity index (χ0v) is 11.7. The van der Waals surface area contributed by atoms with E-state index in [9.17, 15) is 9.59 Å². The number of nitrogens with one attached hydrogen (secondary N) is 1. The minimum absolute atomic E-state index is 0.153. The van der Waals surface area contributed by atoms with E-state index in [-0.39, 0.29) is 13.2 Å². The van der Waals surface area contributed by atoms with Crippen LogP contribution in [0.4, 0.5) is 5.69 Å². The first kappa shape index (κ1) is 16.0. The van der Waals surface area contributed by atoms with Gasteiger partial charge in [-0.2, -0.15) is 0 Å². The van der Waals surface area contributed by atoms with E-state index < -0.39 is 11.9 Å². The standard InChI is InChI=1S/C14H19NO5/c1-3-18-10-14(17)20-9-13(16)15-11-7-5-6-8-12(11)19-4-2/h5-8H,3-4,9-10H2,1-2H3,(H,15,16). The number of esters is 1. The lowest BCUT2D eigenvalue weighted by Gasteiger charge is -2.11. The van der Waals surface area contributed by atoms with Crippen LogP contribution < -0.4 is 10.1 Å². The number of hydrogen-bond acceptors (Lipinski definition) is 5. The average molecular weight is 281 g/mol. The molecule has 6 heteroatoms. The van der Waals surface area contributed by atoms with Crippen LogP contribution in [0.3, 0.4) is 0 Å². The summed E-state index contributed by atoms with van der Waals surface area (Å²) in [6, 6.07) is 7.05. The van der Waals surface area contributed by atoms with Crippen molar-refractivity contribution in [2.45, 2.75) is 13.8 Å². The first-order chi connectivity index (χ1) is 9.67. The molecule has 0 aliphatic rings. The molecular weight excluding hydrogens is 262 g/mol. The summed E-state index contributed by atoms with van der Waals surface area (Å²) in [6.07, 6.45) is 0. The van der Waals surface area contributed by atoms with Gasteiger partial charge in [-0.25, -0.2) is 4.79 Å². The molecule has 1 aromatic rings. The zero-order valence-electron chi connectivity index (χ0n) is 11.7. The Morgan fingerprint density at radius 3 is 2.55 bits per heavy atom. The zero-order chi connectivity index (χ0) is 14.8. The van der Waals surface area contributed by atoms with Gasteiger partial charge in [-0.3, -0.25) is 4.79 Å². The van der Waals surface area contributed by atoms with Gasteiger partial charge in [0.05, 0.1) is 12.3 Å². The van der Waals surface area contributed by atoms with E-state index in [1.165, 1.54) is 0 Å². The lowest BCUT2D eigenvalue weighted by molar-refractivity contribution is -0.151. The summed E-state index contributed by atoms with van der Waals surface area (Å²) in [5.74, 6) is -0.425. The van der Waals surface area contributed by atoms with Crippen LogP contribution in [0.5, 0.6) is 5.75 Å². The predicted molar refractivity (Wildman–Crippen MR) is 73.7 cm³/mol. The summed E-state index contributed by atoms with van der Waals surface area (Å²) in [5.41, 5.74) is 0.542. The summed E-state index contributed by atoms with van der Waals surface area (Å²) in [6.45, 7) is 4.03. The van der Waals surface area contributed by atoms with Crippen LogP contribution in [0.15, 0.2) is 24.3 Å². The maximum atomic E-state index is 11.7. The molecule has 0 saturated heterocycles. The number of carbonyl (C=O) groups is 2. The van der Waals surface area contributed by atoms with Gasteiger partial charge in [0.1, 0.15) is 12.4 Å². The Bertz CT molecular complexity index is 447. The molecule has 0 atom stereocenters. The highest BCUT2D eigenvalue weighted by molar-refractivity contribution is 5.94. The SMILES string of the molecule is CCOCC(=O)OCC(=O)Nc1ccccc1OCC. The number of amides is 1. The quantitative estimate of drug-likeness (QED) is 0.733. The topological polar surface area (TPSA) is 73.9 Å². The van der Waals surface area contributed by atoms with Gasteiger partial charge in [-0.15, -0.1) is 0 Å². The third-order valence-corrected chi connectivity index (χ3v) is 2.25. The van der Waals surface area contributed by atoms with Crippen LogP contribution in [0.1, 0.15) is 13.8 Å². The third-order valence-electron chi connectivity index (χ3n) is 2.25. The molecule has 0 bridgehead atoms. The Hall–Kier alpha value is -2.08. The second kappa shape index (κ2) is 8.92. The minimum Gasteiger partial charge on any atom is -0.492 e. The van der Waals surface area contributed by atoms with Crippen LogP contribution in [-0.2, 0) is 19.1 Å². The Kier molecular flexibility index (Phi) is 7.13. The molecule has 0 aliphatic carbocycles. The summed E-state index contributed by atoms with van der Waals surface area (Å²) in [7, 11) is 0. The highest BCUT2D eigenvalue weighted by Crippen LogP contribution is 2.23. The first-order valence-electron chi connectivity index (χ1n) is 6.42. The summed E-state index contributed by atoms with van der Waals surface area (Å²) in [5, 5.41) is 2.62. The Morgan fingerprint density at radius 2 is 1.85 bits per heavy atom. The van der Waals surface area contributed by atoms with E-state index in [4.69, 9.17) is 14.2 Å². The number of benzene rings is 1. The van der Waals surface area contributed by atoms with Crippen molar-refractivity contribution in [2.75, 3.05) is 31.7 Å². The van der Waals surface area contributed by atoms with E-state index in [1.54, 1.807) is 25.1 Å². The van der Waals surface area contributed by atoms with Crippen molar-refractivity contribution < 1.29 is 23.8 Å². The molecule has 0 saturated carbocycles. The molecule has 6 nitrogen and oxygen atoms in total. The number of hydrogen-bond donors (Lipinski definition) is 1.